The number of alkyl halides is 3. The highest BCUT2D eigenvalue weighted by molar-refractivity contribution is 5.80. The summed E-state index contributed by atoms with van der Waals surface area (Å²) in [4.78, 5) is 0. The average molecular weight is 322 g/mol. The Balaban J connectivity index is 2.06. The normalized spacial score (nSPS) is 16.6. The van der Waals surface area contributed by atoms with E-state index in [9.17, 15) is 18.4 Å². The fourth-order valence-corrected chi connectivity index (χ4v) is 2.39. The Hall–Kier alpha value is -2.88. The van der Waals surface area contributed by atoms with E-state index in [1.807, 2.05) is 6.07 Å². The van der Waals surface area contributed by atoms with E-state index in [1.54, 1.807) is 0 Å². The van der Waals surface area contributed by atoms with E-state index in [2.05, 4.69) is 4.74 Å². The molecule has 1 aliphatic rings. The lowest BCUT2D eigenvalue weighted by Gasteiger charge is -2.13. The van der Waals surface area contributed by atoms with Gasteiger partial charge in [0.2, 0.25) is 0 Å². The zero-order valence-electron chi connectivity index (χ0n) is 13.6. The molecule has 0 radical (unpaired) electrons. The largest absolute Gasteiger partial charge is 0.573 e. The molecule has 0 amide bonds. The van der Waals surface area contributed by atoms with E-state index in [0.29, 0.717) is 16.7 Å². The summed E-state index contributed by atoms with van der Waals surface area (Å²) in [5.74, 6) is -0.217. The third-order valence-corrected chi connectivity index (χ3v) is 3.34. The number of ether oxygens (including phenoxy) is 2. The van der Waals surface area contributed by atoms with Crippen LogP contribution >= 0.6 is 0 Å². The molecule has 2 aromatic carbocycles. The van der Waals surface area contributed by atoms with E-state index in [-0.39, 0.29) is 29.2 Å². The van der Waals surface area contributed by atoms with Gasteiger partial charge in [-0.05, 0) is 23.8 Å². The Bertz CT molecular complexity index is 875. The molecule has 0 spiro atoms. The van der Waals surface area contributed by atoms with E-state index < -0.39 is 12.9 Å². The summed E-state index contributed by atoms with van der Waals surface area (Å²) < 4.78 is 61.3. The number of nitriles is 1. The van der Waals surface area contributed by atoms with Crippen molar-refractivity contribution in [3.8, 4) is 28.7 Å². The summed E-state index contributed by atoms with van der Waals surface area (Å²) in [6.07, 6.45) is -4.93. The number of anilines is 1. The third kappa shape index (κ3) is 2.88. The molecule has 3 rings (SSSR count). The highest BCUT2D eigenvalue weighted by Crippen LogP contribution is 2.41. The Morgan fingerprint density at radius 3 is 2.61 bits per heavy atom. The Kier molecular flexibility index (Phi) is 2.96. The van der Waals surface area contributed by atoms with Gasteiger partial charge in [-0.25, -0.2) is 0 Å². The monoisotopic (exact) mass is 322 g/mol. The van der Waals surface area contributed by atoms with Gasteiger partial charge in [0.15, 0.2) is 0 Å². The lowest BCUT2D eigenvalue weighted by Crippen LogP contribution is -2.16. The number of nitrogens with zero attached hydrogens (tertiary/aromatic N) is 1. The topological polar surface area (TPSA) is 68.3 Å². The van der Waals surface area contributed by atoms with Gasteiger partial charge in [0, 0.05) is 17.5 Å². The van der Waals surface area contributed by atoms with Crippen molar-refractivity contribution in [1.29, 1.82) is 5.26 Å². The van der Waals surface area contributed by atoms with Crippen LogP contribution in [-0.2, 0) is 6.42 Å². The minimum absolute atomic E-state index is 0.136. The second kappa shape index (κ2) is 5.39. The second-order valence-corrected chi connectivity index (χ2v) is 4.80. The summed E-state index contributed by atoms with van der Waals surface area (Å²) in [6.45, 7) is -1.99. The molecular formula is C16H11F3N2O2. The van der Waals surface area contributed by atoms with Gasteiger partial charge in [0.25, 0.3) is 0 Å². The quantitative estimate of drug-likeness (QED) is 0.857. The number of halogens is 3. The first-order valence-electron chi connectivity index (χ1n) is 7.50. The maximum Gasteiger partial charge on any atom is 0.573 e. The van der Waals surface area contributed by atoms with Gasteiger partial charge in [0.1, 0.15) is 17.6 Å². The van der Waals surface area contributed by atoms with Crippen molar-refractivity contribution in [3.05, 3.63) is 41.5 Å². The highest BCUT2D eigenvalue weighted by atomic mass is 19.4. The molecule has 7 heteroatoms. The molecule has 1 heterocycles. The number of fused-ring (bicyclic) bond motifs is 1. The summed E-state index contributed by atoms with van der Waals surface area (Å²) in [5.41, 5.74) is 7.35. The van der Waals surface area contributed by atoms with Crippen molar-refractivity contribution < 1.29 is 25.4 Å². The average Bonchev–Trinajstić information content (AvgIpc) is 2.81. The predicted molar refractivity (Wildman–Crippen MR) is 76.9 cm³/mol. The molecule has 0 bridgehead atoms. The molecule has 23 heavy (non-hydrogen) atoms. The van der Waals surface area contributed by atoms with Crippen LogP contribution < -0.4 is 15.2 Å². The zero-order valence-corrected chi connectivity index (χ0v) is 11.6. The van der Waals surface area contributed by atoms with Crippen LogP contribution in [0.5, 0.6) is 11.5 Å². The molecule has 1 aliphatic heterocycles. The third-order valence-electron chi connectivity index (χ3n) is 3.34. The van der Waals surface area contributed by atoms with Crippen LogP contribution in [0.2, 0.25) is 0 Å². The number of rotatable bonds is 2. The second-order valence-electron chi connectivity index (χ2n) is 4.80. The molecule has 4 nitrogen and oxygen atoms in total. The number of hydrogen-bond acceptors (Lipinski definition) is 4. The summed E-state index contributed by atoms with van der Waals surface area (Å²) in [5, 5.41) is 9.23. The Labute approximate surface area is 132 Å². The summed E-state index contributed by atoms with van der Waals surface area (Å²) in [6, 6.07) is 8.39. The van der Waals surface area contributed by atoms with Crippen molar-refractivity contribution in [3.63, 3.8) is 0 Å². The van der Waals surface area contributed by atoms with Crippen LogP contribution in [-0.4, -0.2) is 12.9 Å². The zero-order chi connectivity index (χ0) is 18.4. The van der Waals surface area contributed by atoms with Crippen molar-refractivity contribution in [2.75, 3.05) is 12.3 Å². The minimum atomic E-state index is -4.79. The molecule has 2 aromatic rings. The molecule has 0 aliphatic carbocycles. The number of benzene rings is 2. The van der Waals surface area contributed by atoms with Crippen LogP contribution in [0.4, 0.5) is 18.9 Å². The van der Waals surface area contributed by atoms with E-state index in [1.165, 1.54) is 18.2 Å². The first-order chi connectivity index (χ1) is 11.6. The number of nitrogen functional groups attached to an aromatic ring is 1. The van der Waals surface area contributed by atoms with Crippen molar-refractivity contribution >= 4 is 5.69 Å². The maximum atomic E-state index is 12.2. The Morgan fingerprint density at radius 1 is 1.30 bits per heavy atom. The lowest BCUT2D eigenvalue weighted by atomic mass is 9.96. The first-order valence-corrected chi connectivity index (χ1v) is 6.50. The number of hydrogen-bond donors (Lipinski definition) is 1. The van der Waals surface area contributed by atoms with E-state index in [0.717, 1.165) is 12.1 Å². The summed E-state index contributed by atoms with van der Waals surface area (Å²) in [7, 11) is 0. The van der Waals surface area contributed by atoms with Crippen molar-refractivity contribution in [2.24, 2.45) is 0 Å². The molecule has 2 N–H and O–H groups in total. The molecule has 0 saturated heterocycles. The van der Waals surface area contributed by atoms with Crippen LogP contribution in [0.1, 0.15) is 13.9 Å². The molecule has 0 saturated carbocycles. The molecule has 118 valence electrons. The van der Waals surface area contributed by atoms with Crippen LogP contribution in [0.25, 0.3) is 11.1 Å². The van der Waals surface area contributed by atoms with Gasteiger partial charge in [-0.15, -0.1) is 13.2 Å². The van der Waals surface area contributed by atoms with Crippen LogP contribution in [0.3, 0.4) is 0 Å². The highest BCUT2D eigenvalue weighted by Gasteiger charge is 2.31. The van der Waals surface area contributed by atoms with Crippen LogP contribution in [0, 0.1) is 11.3 Å². The van der Waals surface area contributed by atoms with Gasteiger partial charge in [-0.2, -0.15) is 5.26 Å². The SMILES string of the molecule is [2H]C1([2H])Cc2c(C#N)c(N)cc(-c3ccc(OC(F)(F)F)cc3)c2O1. The Morgan fingerprint density at radius 2 is 2.00 bits per heavy atom. The fraction of sp³-hybridized carbons (Fsp3) is 0.188. The number of nitrogens with two attached hydrogens (primary N) is 1. The maximum absolute atomic E-state index is 12.2. The molecule has 0 fully saturated rings. The van der Waals surface area contributed by atoms with Crippen LogP contribution in [0.15, 0.2) is 30.3 Å². The van der Waals surface area contributed by atoms with Gasteiger partial charge in [0.05, 0.1) is 20.6 Å². The first kappa shape index (κ1) is 12.6. The predicted octanol–water partition coefficient (Wildman–Crippen LogP) is 3.64. The van der Waals surface area contributed by atoms with Gasteiger partial charge >= 0.3 is 6.36 Å². The van der Waals surface area contributed by atoms with Crippen molar-refractivity contribution in [1.82, 2.24) is 0 Å². The molecular weight excluding hydrogens is 309 g/mol. The van der Waals surface area contributed by atoms with Gasteiger partial charge < -0.3 is 15.2 Å². The van der Waals surface area contributed by atoms with Crippen molar-refractivity contribution in [2.45, 2.75) is 12.8 Å². The minimum Gasteiger partial charge on any atom is -0.492 e. The standard InChI is InChI=1S/C16H11F3N2O2/c17-16(18,19)23-10-3-1-9(2-4-10)12-7-14(21)13(8-20)11-5-6-22-15(11)12/h1-4,7H,5-6,21H2/i6D2. The fourth-order valence-electron chi connectivity index (χ4n) is 2.39. The smallest absolute Gasteiger partial charge is 0.492 e. The summed E-state index contributed by atoms with van der Waals surface area (Å²) >= 11 is 0. The molecule has 0 unspecified atom stereocenters. The molecule has 0 aromatic heterocycles. The van der Waals surface area contributed by atoms with E-state index in [4.69, 9.17) is 13.2 Å². The lowest BCUT2D eigenvalue weighted by molar-refractivity contribution is -0.274. The van der Waals surface area contributed by atoms with E-state index >= 15 is 0 Å². The molecule has 0 atom stereocenters. The van der Waals surface area contributed by atoms with Gasteiger partial charge in [-0.3, -0.25) is 0 Å². The van der Waals surface area contributed by atoms with Gasteiger partial charge in [-0.1, -0.05) is 12.1 Å².